The Hall–Kier alpha value is 0. The molecule has 0 unspecified atom stereocenters. The van der Waals surface area contributed by atoms with Crippen molar-refractivity contribution in [3.63, 3.8) is 0 Å². The molecule has 0 atom stereocenters. The maximum absolute atomic E-state index is 2.32. The monoisotopic (exact) mass is 168 g/mol. The van der Waals surface area contributed by atoms with Crippen LogP contribution in [0.3, 0.4) is 0 Å². The zero-order valence-electron chi connectivity index (χ0n) is 8.81. The van der Waals surface area contributed by atoms with Gasteiger partial charge >= 0.3 is 0 Å². The molecule has 1 rings (SSSR count). The maximum atomic E-state index is 2.32. The molecule has 0 heteroatoms. The summed E-state index contributed by atoms with van der Waals surface area (Å²) in [6, 6.07) is 0. The molecule has 12 heavy (non-hydrogen) atoms. The summed E-state index contributed by atoms with van der Waals surface area (Å²) in [5.74, 6) is 2.06. The molecule has 1 fully saturated rings. The van der Waals surface area contributed by atoms with Gasteiger partial charge in [-0.1, -0.05) is 65.2 Å². The quantitative estimate of drug-likeness (QED) is 0.494. The Bertz CT molecular complexity index is 94.6. The zero-order valence-corrected chi connectivity index (χ0v) is 8.81. The van der Waals surface area contributed by atoms with Gasteiger partial charge in [-0.2, -0.15) is 0 Å². The zero-order chi connectivity index (χ0) is 8.81. The van der Waals surface area contributed by atoms with E-state index in [1.165, 1.54) is 51.4 Å². The van der Waals surface area contributed by atoms with Crippen LogP contribution < -0.4 is 0 Å². The SMILES string of the molecule is CC(C)CCCCCCC1CC1. The highest BCUT2D eigenvalue weighted by molar-refractivity contribution is 4.72. The molecule has 72 valence electrons. The summed E-state index contributed by atoms with van der Waals surface area (Å²) >= 11 is 0. The van der Waals surface area contributed by atoms with Gasteiger partial charge in [-0.15, -0.1) is 0 Å². The fourth-order valence-electron chi connectivity index (χ4n) is 1.75. The van der Waals surface area contributed by atoms with Gasteiger partial charge in [0.15, 0.2) is 0 Å². The Morgan fingerprint density at radius 3 is 2.25 bits per heavy atom. The van der Waals surface area contributed by atoms with E-state index < -0.39 is 0 Å². The van der Waals surface area contributed by atoms with Crippen molar-refractivity contribution in [1.82, 2.24) is 0 Å². The number of hydrogen-bond donors (Lipinski definition) is 0. The van der Waals surface area contributed by atoms with Crippen LogP contribution in [0, 0.1) is 11.8 Å². The van der Waals surface area contributed by atoms with Crippen LogP contribution in [0.4, 0.5) is 0 Å². The molecule has 1 saturated carbocycles. The first-order valence-corrected chi connectivity index (χ1v) is 5.79. The summed E-state index contributed by atoms with van der Waals surface area (Å²) in [5, 5.41) is 0. The molecule has 0 heterocycles. The lowest BCUT2D eigenvalue weighted by molar-refractivity contribution is 0.509. The second-order valence-electron chi connectivity index (χ2n) is 4.83. The summed E-state index contributed by atoms with van der Waals surface area (Å²) in [4.78, 5) is 0. The largest absolute Gasteiger partial charge is 0.0628 e. The molecular weight excluding hydrogens is 144 g/mol. The van der Waals surface area contributed by atoms with Gasteiger partial charge in [0.1, 0.15) is 0 Å². The lowest BCUT2D eigenvalue weighted by Crippen LogP contribution is -1.87. The van der Waals surface area contributed by atoms with Crippen molar-refractivity contribution < 1.29 is 0 Å². The Kier molecular flexibility index (Phi) is 4.72. The lowest BCUT2D eigenvalue weighted by atomic mass is 10.0. The molecule has 0 N–H and O–H groups in total. The molecule has 0 radical (unpaired) electrons. The fraction of sp³-hybridized carbons (Fsp3) is 1.00. The minimum atomic E-state index is 0.911. The van der Waals surface area contributed by atoms with Gasteiger partial charge in [-0.3, -0.25) is 0 Å². The highest BCUT2D eigenvalue weighted by Gasteiger charge is 2.19. The minimum absolute atomic E-state index is 0.911. The number of rotatable bonds is 7. The Labute approximate surface area is 77.7 Å². The van der Waals surface area contributed by atoms with Crippen LogP contribution in [-0.4, -0.2) is 0 Å². The predicted molar refractivity (Wildman–Crippen MR) is 55.3 cm³/mol. The molecule has 0 aromatic carbocycles. The first kappa shape index (κ1) is 10.1. The van der Waals surface area contributed by atoms with Gasteiger partial charge < -0.3 is 0 Å². The van der Waals surface area contributed by atoms with Crippen molar-refractivity contribution in [1.29, 1.82) is 0 Å². The van der Waals surface area contributed by atoms with Gasteiger partial charge in [-0.05, 0) is 11.8 Å². The van der Waals surface area contributed by atoms with E-state index in [1.807, 2.05) is 0 Å². The van der Waals surface area contributed by atoms with Crippen LogP contribution in [0.25, 0.3) is 0 Å². The Balaban J connectivity index is 1.70. The normalized spacial score (nSPS) is 17.2. The van der Waals surface area contributed by atoms with Crippen molar-refractivity contribution in [2.24, 2.45) is 11.8 Å². The molecule has 0 nitrogen and oxygen atoms in total. The van der Waals surface area contributed by atoms with E-state index in [9.17, 15) is 0 Å². The van der Waals surface area contributed by atoms with E-state index >= 15 is 0 Å². The standard InChI is InChI=1S/C12H24/c1-11(2)7-5-3-4-6-8-12-9-10-12/h11-12H,3-10H2,1-2H3. The highest BCUT2D eigenvalue weighted by atomic mass is 14.3. The molecule has 0 aromatic rings. The summed E-state index contributed by atoms with van der Waals surface area (Å²) < 4.78 is 0. The smallest absolute Gasteiger partial charge is 0.0414 e. The van der Waals surface area contributed by atoms with E-state index in [4.69, 9.17) is 0 Å². The van der Waals surface area contributed by atoms with E-state index in [1.54, 1.807) is 0 Å². The van der Waals surface area contributed by atoms with E-state index in [0.29, 0.717) is 0 Å². The second kappa shape index (κ2) is 5.61. The van der Waals surface area contributed by atoms with Crippen LogP contribution in [0.1, 0.15) is 65.2 Å². The summed E-state index contributed by atoms with van der Waals surface area (Å²) in [6.07, 6.45) is 12.0. The average molecular weight is 168 g/mol. The second-order valence-corrected chi connectivity index (χ2v) is 4.83. The highest BCUT2D eigenvalue weighted by Crippen LogP contribution is 2.34. The van der Waals surface area contributed by atoms with Crippen molar-refractivity contribution >= 4 is 0 Å². The van der Waals surface area contributed by atoms with Gasteiger partial charge in [0.05, 0.1) is 0 Å². The van der Waals surface area contributed by atoms with Crippen LogP contribution in [0.15, 0.2) is 0 Å². The summed E-state index contributed by atoms with van der Waals surface area (Å²) in [5.41, 5.74) is 0. The average Bonchev–Trinajstić information content (AvgIpc) is 2.79. The van der Waals surface area contributed by atoms with Crippen LogP contribution in [0.5, 0.6) is 0 Å². The van der Waals surface area contributed by atoms with E-state index in [0.717, 1.165) is 11.8 Å². The first-order chi connectivity index (χ1) is 5.79. The number of hydrogen-bond acceptors (Lipinski definition) is 0. The molecule has 0 saturated heterocycles. The minimum Gasteiger partial charge on any atom is -0.0628 e. The third-order valence-electron chi connectivity index (χ3n) is 2.84. The topological polar surface area (TPSA) is 0 Å². The van der Waals surface area contributed by atoms with Crippen LogP contribution in [0.2, 0.25) is 0 Å². The molecule has 0 spiro atoms. The molecule has 0 amide bonds. The fourth-order valence-corrected chi connectivity index (χ4v) is 1.75. The summed E-state index contributed by atoms with van der Waals surface area (Å²) in [6.45, 7) is 4.65. The van der Waals surface area contributed by atoms with E-state index in [2.05, 4.69) is 13.8 Å². The van der Waals surface area contributed by atoms with Crippen LogP contribution >= 0.6 is 0 Å². The maximum Gasteiger partial charge on any atom is -0.0414 e. The van der Waals surface area contributed by atoms with Gasteiger partial charge in [0, 0.05) is 0 Å². The third kappa shape index (κ3) is 5.62. The van der Waals surface area contributed by atoms with Gasteiger partial charge in [-0.25, -0.2) is 0 Å². The molecular formula is C12H24. The lowest BCUT2D eigenvalue weighted by Gasteiger charge is -2.03. The molecule has 0 aliphatic heterocycles. The Morgan fingerprint density at radius 2 is 1.67 bits per heavy atom. The van der Waals surface area contributed by atoms with Crippen molar-refractivity contribution in [2.75, 3.05) is 0 Å². The molecule has 1 aliphatic carbocycles. The number of unbranched alkanes of at least 4 members (excludes halogenated alkanes) is 3. The Morgan fingerprint density at radius 1 is 1.00 bits per heavy atom. The van der Waals surface area contributed by atoms with Crippen LogP contribution in [-0.2, 0) is 0 Å². The molecule has 0 aromatic heterocycles. The van der Waals surface area contributed by atoms with Crippen molar-refractivity contribution in [3.8, 4) is 0 Å². The third-order valence-corrected chi connectivity index (χ3v) is 2.84. The predicted octanol–water partition coefficient (Wildman–Crippen LogP) is 4.39. The summed E-state index contributed by atoms with van der Waals surface area (Å²) in [7, 11) is 0. The molecule has 0 bridgehead atoms. The van der Waals surface area contributed by atoms with Gasteiger partial charge in [0.25, 0.3) is 0 Å². The first-order valence-electron chi connectivity index (χ1n) is 5.79. The van der Waals surface area contributed by atoms with Gasteiger partial charge in [0.2, 0.25) is 0 Å². The van der Waals surface area contributed by atoms with E-state index in [-0.39, 0.29) is 0 Å². The molecule has 1 aliphatic rings. The van der Waals surface area contributed by atoms with Crippen molar-refractivity contribution in [2.45, 2.75) is 65.2 Å². The van der Waals surface area contributed by atoms with Crippen molar-refractivity contribution in [3.05, 3.63) is 0 Å².